The molecule has 4 nitrogen and oxygen atoms in total. The lowest BCUT2D eigenvalue weighted by molar-refractivity contribution is 0.0405. The number of hydrogen-bond donors (Lipinski definition) is 0. The van der Waals surface area contributed by atoms with Crippen LogP contribution < -0.4 is 0 Å². The lowest BCUT2D eigenvalue weighted by Crippen LogP contribution is -2.37. The van der Waals surface area contributed by atoms with Crippen LogP contribution in [0.1, 0.15) is 12.8 Å². The monoisotopic (exact) mass is 266 g/mol. The van der Waals surface area contributed by atoms with Gasteiger partial charge in [0.1, 0.15) is 0 Å². The molecule has 0 aromatic carbocycles. The second kappa shape index (κ2) is 5.82. The Morgan fingerprint density at radius 1 is 1.38 bits per heavy atom. The van der Waals surface area contributed by atoms with Gasteiger partial charge in [-0.2, -0.15) is 0 Å². The molecule has 0 aromatic heterocycles. The van der Waals surface area contributed by atoms with Gasteiger partial charge in [-0.25, -0.2) is 8.42 Å². The normalized spacial score (nSPS) is 24.9. The molecule has 1 atom stereocenters. The van der Waals surface area contributed by atoms with Gasteiger partial charge in [0.2, 0.25) is 4.93 Å². The Balaban J connectivity index is 2.67. The van der Waals surface area contributed by atoms with Crippen LogP contribution >= 0.6 is 10.7 Å². The van der Waals surface area contributed by atoms with Gasteiger partial charge in [0.25, 0.3) is 9.05 Å². The molecule has 0 N–H and O–H groups in total. The van der Waals surface area contributed by atoms with Crippen LogP contribution in [0.25, 0.3) is 0 Å². The van der Waals surface area contributed by atoms with Crippen molar-refractivity contribution in [3.63, 3.8) is 0 Å². The molecule has 0 saturated carbocycles. The van der Waals surface area contributed by atoms with E-state index in [-0.39, 0.29) is 13.0 Å². The molecule has 0 amide bonds. The lowest BCUT2D eigenvalue weighted by atomic mass is 10.1. The minimum atomic E-state index is -3.80. The van der Waals surface area contributed by atoms with Crippen molar-refractivity contribution in [1.29, 1.82) is 0 Å². The van der Waals surface area contributed by atoms with Gasteiger partial charge in [-0.3, -0.25) is 0 Å². The first-order valence-corrected chi connectivity index (χ1v) is 7.24. The molecule has 6 heteroatoms. The molecule has 0 radical (unpaired) electrons. The van der Waals surface area contributed by atoms with Gasteiger partial charge in [0.05, 0.1) is 6.61 Å². The average molecular weight is 267 g/mol. The van der Waals surface area contributed by atoms with E-state index in [4.69, 9.17) is 20.2 Å². The van der Waals surface area contributed by atoms with Crippen LogP contribution in [0.15, 0.2) is 24.3 Å². The maximum absolute atomic E-state index is 11.5. The Morgan fingerprint density at radius 3 is 2.62 bits per heavy atom. The Bertz CT molecular complexity index is 374. The molecule has 92 valence electrons. The highest BCUT2D eigenvalue weighted by Gasteiger charge is 2.41. The summed E-state index contributed by atoms with van der Waals surface area (Å²) >= 11 is 0. The minimum Gasteiger partial charge on any atom is -0.385 e. The standard InChI is InChI=1S/C10H15ClO4S/c1-14-8-5-9-15-10(16(11,12)13)6-3-2-4-7-10/h2-4,6H,5,7-9H2,1H3. The predicted octanol–water partition coefficient (Wildman–Crippen LogP) is 1.82. The summed E-state index contributed by atoms with van der Waals surface area (Å²) in [5.41, 5.74) is 0. The maximum Gasteiger partial charge on any atom is 0.266 e. The zero-order chi connectivity index (χ0) is 12.1. The first-order chi connectivity index (χ1) is 7.52. The summed E-state index contributed by atoms with van der Waals surface area (Å²) in [6.45, 7) is 0.815. The Kier molecular flexibility index (Phi) is 4.98. The lowest BCUT2D eigenvalue weighted by Gasteiger charge is -2.27. The fraction of sp³-hybridized carbons (Fsp3) is 0.600. The van der Waals surface area contributed by atoms with Crippen LogP contribution in [-0.4, -0.2) is 33.7 Å². The molecule has 0 spiro atoms. The molecule has 16 heavy (non-hydrogen) atoms. The second-order valence-corrected chi connectivity index (χ2v) is 6.22. The SMILES string of the molecule is COCCCOC1(S(=O)(=O)Cl)C=CC=CC1. The van der Waals surface area contributed by atoms with Gasteiger partial charge < -0.3 is 9.47 Å². The average Bonchev–Trinajstić information content (AvgIpc) is 2.24. The minimum absolute atomic E-state index is 0.238. The molecule has 0 aromatic rings. The highest BCUT2D eigenvalue weighted by Crippen LogP contribution is 2.31. The fourth-order valence-corrected chi connectivity index (χ4v) is 2.62. The van der Waals surface area contributed by atoms with Crippen LogP contribution in [0.3, 0.4) is 0 Å². The van der Waals surface area contributed by atoms with Gasteiger partial charge >= 0.3 is 0 Å². The number of ether oxygens (including phenoxy) is 2. The van der Waals surface area contributed by atoms with Crippen molar-refractivity contribution < 1.29 is 17.9 Å². The fourth-order valence-electron chi connectivity index (χ4n) is 1.39. The highest BCUT2D eigenvalue weighted by molar-refractivity contribution is 8.14. The predicted molar refractivity (Wildman–Crippen MR) is 62.8 cm³/mol. The third-order valence-electron chi connectivity index (χ3n) is 2.25. The van der Waals surface area contributed by atoms with Gasteiger partial charge in [-0.1, -0.05) is 18.2 Å². The van der Waals surface area contributed by atoms with Crippen molar-refractivity contribution >= 4 is 19.7 Å². The van der Waals surface area contributed by atoms with E-state index in [1.807, 2.05) is 0 Å². The number of rotatable bonds is 6. The number of hydrogen-bond acceptors (Lipinski definition) is 4. The molecule has 0 aliphatic heterocycles. The molecular weight excluding hydrogens is 252 g/mol. The smallest absolute Gasteiger partial charge is 0.266 e. The summed E-state index contributed by atoms with van der Waals surface area (Å²) in [5.74, 6) is 0. The Labute approximate surface area is 100 Å². The molecule has 1 aliphatic rings. The largest absolute Gasteiger partial charge is 0.385 e. The van der Waals surface area contributed by atoms with Gasteiger partial charge in [-0.05, 0) is 12.5 Å². The van der Waals surface area contributed by atoms with Crippen molar-refractivity contribution in [3.8, 4) is 0 Å². The molecule has 0 bridgehead atoms. The molecule has 1 unspecified atom stereocenters. The first-order valence-electron chi connectivity index (χ1n) is 4.93. The zero-order valence-electron chi connectivity index (χ0n) is 9.06. The van der Waals surface area contributed by atoms with E-state index < -0.39 is 14.0 Å². The van der Waals surface area contributed by atoms with Crippen molar-refractivity contribution in [3.05, 3.63) is 24.3 Å². The van der Waals surface area contributed by atoms with E-state index in [2.05, 4.69) is 0 Å². The van der Waals surface area contributed by atoms with Gasteiger partial charge in [0.15, 0.2) is 0 Å². The van der Waals surface area contributed by atoms with Gasteiger partial charge in [-0.15, -0.1) is 0 Å². The first kappa shape index (κ1) is 13.7. The summed E-state index contributed by atoms with van der Waals surface area (Å²) in [5, 5.41) is 0. The molecular formula is C10H15ClO4S. The van der Waals surface area contributed by atoms with Crippen LogP contribution in [0.2, 0.25) is 0 Å². The van der Waals surface area contributed by atoms with Crippen LogP contribution in [0, 0.1) is 0 Å². The summed E-state index contributed by atoms with van der Waals surface area (Å²) < 4.78 is 33.2. The summed E-state index contributed by atoms with van der Waals surface area (Å²) in [7, 11) is 3.19. The third kappa shape index (κ3) is 3.31. The summed E-state index contributed by atoms with van der Waals surface area (Å²) in [6.07, 6.45) is 7.45. The number of allylic oxidation sites excluding steroid dienone is 2. The van der Waals surface area contributed by atoms with E-state index in [0.717, 1.165) is 0 Å². The van der Waals surface area contributed by atoms with E-state index >= 15 is 0 Å². The van der Waals surface area contributed by atoms with E-state index in [0.29, 0.717) is 13.0 Å². The van der Waals surface area contributed by atoms with Crippen LogP contribution in [0.4, 0.5) is 0 Å². The summed E-state index contributed by atoms with van der Waals surface area (Å²) in [6, 6.07) is 0. The van der Waals surface area contributed by atoms with Crippen molar-refractivity contribution in [1.82, 2.24) is 0 Å². The molecule has 0 saturated heterocycles. The van der Waals surface area contributed by atoms with Crippen LogP contribution in [0.5, 0.6) is 0 Å². The molecule has 0 fully saturated rings. The summed E-state index contributed by atoms with van der Waals surface area (Å²) in [4.78, 5) is -1.42. The van der Waals surface area contributed by atoms with Gasteiger partial charge in [0, 0.05) is 30.8 Å². The molecule has 1 aliphatic carbocycles. The quantitative estimate of drug-likeness (QED) is 0.544. The van der Waals surface area contributed by atoms with E-state index in [1.165, 1.54) is 6.08 Å². The highest BCUT2D eigenvalue weighted by atomic mass is 35.7. The Morgan fingerprint density at radius 2 is 2.12 bits per heavy atom. The van der Waals surface area contributed by atoms with Crippen LogP contribution in [-0.2, 0) is 18.5 Å². The van der Waals surface area contributed by atoms with Crippen molar-refractivity contribution in [2.24, 2.45) is 0 Å². The van der Waals surface area contributed by atoms with Crippen molar-refractivity contribution in [2.75, 3.05) is 20.3 Å². The molecule has 0 heterocycles. The van der Waals surface area contributed by atoms with Crippen molar-refractivity contribution in [2.45, 2.75) is 17.8 Å². The number of halogens is 1. The zero-order valence-corrected chi connectivity index (χ0v) is 10.6. The van der Waals surface area contributed by atoms with E-state index in [1.54, 1.807) is 25.3 Å². The van der Waals surface area contributed by atoms with E-state index in [9.17, 15) is 8.42 Å². The Hall–Kier alpha value is -0.360. The number of methoxy groups -OCH3 is 1. The molecule has 1 rings (SSSR count). The second-order valence-electron chi connectivity index (χ2n) is 3.44. The maximum atomic E-state index is 11.5. The third-order valence-corrected chi connectivity index (χ3v) is 4.28. The topological polar surface area (TPSA) is 52.6 Å².